The molecule has 1 heterocycles. The Morgan fingerprint density at radius 3 is 2.93 bits per heavy atom. The summed E-state index contributed by atoms with van der Waals surface area (Å²) in [6.45, 7) is 2.50. The van der Waals surface area contributed by atoms with Gasteiger partial charge in [0.05, 0.1) is 6.54 Å². The molecule has 0 aliphatic carbocycles. The van der Waals surface area contributed by atoms with Crippen molar-refractivity contribution in [2.75, 3.05) is 12.3 Å². The van der Waals surface area contributed by atoms with Crippen LogP contribution in [0.25, 0.3) is 0 Å². The summed E-state index contributed by atoms with van der Waals surface area (Å²) >= 11 is 3.36. The Balaban J connectivity index is 2.23. The normalized spacial score (nSPS) is 15.1. The summed E-state index contributed by atoms with van der Waals surface area (Å²) in [7, 11) is 0. The SMILES string of the molecule is CC(=O)c1ccccc1SC1=NCCS1. The number of hydrogen-bond donors (Lipinski definition) is 0. The molecule has 78 valence electrons. The Morgan fingerprint density at radius 2 is 2.27 bits per heavy atom. The van der Waals surface area contributed by atoms with E-state index in [1.807, 2.05) is 24.3 Å². The largest absolute Gasteiger partial charge is 0.294 e. The molecule has 2 rings (SSSR count). The Kier molecular flexibility index (Phi) is 3.49. The summed E-state index contributed by atoms with van der Waals surface area (Å²) in [6.07, 6.45) is 0. The fourth-order valence-electron chi connectivity index (χ4n) is 1.32. The maximum atomic E-state index is 11.4. The van der Waals surface area contributed by atoms with Gasteiger partial charge < -0.3 is 0 Å². The number of ketones is 1. The fraction of sp³-hybridized carbons (Fsp3) is 0.273. The lowest BCUT2D eigenvalue weighted by Gasteiger charge is -2.04. The molecule has 0 radical (unpaired) electrons. The van der Waals surface area contributed by atoms with Crippen molar-refractivity contribution in [2.24, 2.45) is 4.99 Å². The zero-order valence-electron chi connectivity index (χ0n) is 8.40. The molecule has 15 heavy (non-hydrogen) atoms. The van der Waals surface area contributed by atoms with E-state index in [0.717, 1.165) is 27.1 Å². The molecule has 0 amide bonds. The number of benzene rings is 1. The van der Waals surface area contributed by atoms with Crippen molar-refractivity contribution < 1.29 is 4.79 Å². The Labute approximate surface area is 97.6 Å². The minimum atomic E-state index is 0.113. The molecule has 1 aliphatic rings. The first kappa shape index (κ1) is 10.8. The summed E-state index contributed by atoms with van der Waals surface area (Å²) in [5.41, 5.74) is 0.790. The van der Waals surface area contributed by atoms with Crippen LogP contribution < -0.4 is 0 Å². The van der Waals surface area contributed by atoms with Crippen LogP contribution in [0.5, 0.6) is 0 Å². The van der Waals surface area contributed by atoms with Gasteiger partial charge in [-0.25, -0.2) is 0 Å². The maximum Gasteiger partial charge on any atom is 0.160 e. The third-order valence-corrected chi connectivity index (χ3v) is 4.27. The topological polar surface area (TPSA) is 29.4 Å². The fourth-order valence-corrected chi connectivity index (χ4v) is 3.42. The summed E-state index contributed by atoms with van der Waals surface area (Å²) in [5, 5.41) is 0. The van der Waals surface area contributed by atoms with Crippen LogP contribution in [0.1, 0.15) is 17.3 Å². The van der Waals surface area contributed by atoms with E-state index >= 15 is 0 Å². The Morgan fingerprint density at radius 1 is 1.47 bits per heavy atom. The van der Waals surface area contributed by atoms with Gasteiger partial charge in [0.25, 0.3) is 0 Å². The smallest absolute Gasteiger partial charge is 0.160 e. The van der Waals surface area contributed by atoms with Crippen LogP contribution >= 0.6 is 23.5 Å². The van der Waals surface area contributed by atoms with Crippen molar-refractivity contribution in [1.29, 1.82) is 0 Å². The van der Waals surface area contributed by atoms with Gasteiger partial charge >= 0.3 is 0 Å². The van der Waals surface area contributed by atoms with E-state index in [9.17, 15) is 4.79 Å². The van der Waals surface area contributed by atoms with Gasteiger partial charge in [-0.05, 0) is 13.0 Å². The average molecular weight is 237 g/mol. The van der Waals surface area contributed by atoms with Crippen LogP contribution in [-0.2, 0) is 0 Å². The molecule has 0 fully saturated rings. The monoisotopic (exact) mass is 237 g/mol. The second-order valence-electron chi connectivity index (χ2n) is 3.15. The number of carbonyl (C=O) groups is 1. The number of Topliss-reactive ketones (excluding diaryl/α,β-unsaturated/α-hetero) is 1. The van der Waals surface area contributed by atoms with Gasteiger partial charge in [-0.3, -0.25) is 9.79 Å². The van der Waals surface area contributed by atoms with E-state index in [1.54, 1.807) is 30.4 Å². The maximum absolute atomic E-state index is 11.4. The molecule has 0 saturated carbocycles. The van der Waals surface area contributed by atoms with Crippen molar-refractivity contribution in [1.82, 2.24) is 0 Å². The van der Waals surface area contributed by atoms with E-state index in [-0.39, 0.29) is 5.78 Å². The van der Waals surface area contributed by atoms with Gasteiger partial charge in [0.2, 0.25) is 0 Å². The van der Waals surface area contributed by atoms with Crippen molar-refractivity contribution in [3.63, 3.8) is 0 Å². The first-order valence-corrected chi connectivity index (χ1v) is 6.52. The zero-order chi connectivity index (χ0) is 10.7. The highest BCUT2D eigenvalue weighted by Crippen LogP contribution is 2.31. The molecule has 1 aromatic carbocycles. The van der Waals surface area contributed by atoms with Gasteiger partial charge in [-0.15, -0.1) is 0 Å². The van der Waals surface area contributed by atoms with E-state index in [4.69, 9.17) is 0 Å². The van der Waals surface area contributed by atoms with Crippen molar-refractivity contribution in [3.05, 3.63) is 29.8 Å². The lowest BCUT2D eigenvalue weighted by Crippen LogP contribution is -1.95. The van der Waals surface area contributed by atoms with Gasteiger partial charge in [0.1, 0.15) is 4.38 Å². The molecule has 0 atom stereocenters. The molecule has 0 N–H and O–H groups in total. The first-order chi connectivity index (χ1) is 7.27. The molecular weight excluding hydrogens is 226 g/mol. The third kappa shape index (κ3) is 2.63. The predicted octanol–water partition coefficient (Wildman–Crippen LogP) is 3.08. The van der Waals surface area contributed by atoms with Gasteiger partial charge in [-0.2, -0.15) is 0 Å². The standard InChI is InChI=1S/C11H11NOS2/c1-8(13)9-4-2-3-5-10(9)15-11-12-6-7-14-11/h2-5H,6-7H2,1H3. The van der Waals surface area contributed by atoms with Crippen LogP contribution in [0.2, 0.25) is 0 Å². The minimum Gasteiger partial charge on any atom is -0.294 e. The lowest BCUT2D eigenvalue weighted by atomic mass is 10.1. The summed E-state index contributed by atoms with van der Waals surface area (Å²) in [4.78, 5) is 16.8. The Hall–Kier alpha value is -0.740. The number of rotatable bonds is 2. The van der Waals surface area contributed by atoms with Gasteiger partial charge in [0, 0.05) is 16.2 Å². The average Bonchev–Trinajstić information content (AvgIpc) is 2.71. The molecule has 0 spiro atoms. The quantitative estimate of drug-likeness (QED) is 0.740. The molecule has 1 aromatic rings. The minimum absolute atomic E-state index is 0.113. The Bertz CT molecular complexity index is 415. The predicted molar refractivity (Wildman–Crippen MR) is 67.1 cm³/mol. The van der Waals surface area contributed by atoms with Crippen LogP contribution in [0.4, 0.5) is 0 Å². The van der Waals surface area contributed by atoms with E-state index < -0.39 is 0 Å². The number of hydrogen-bond acceptors (Lipinski definition) is 4. The highest BCUT2D eigenvalue weighted by Gasteiger charge is 2.12. The van der Waals surface area contributed by atoms with Crippen LogP contribution in [0.15, 0.2) is 34.2 Å². The molecule has 1 aliphatic heterocycles. The van der Waals surface area contributed by atoms with E-state index in [2.05, 4.69) is 4.99 Å². The van der Waals surface area contributed by atoms with Crippen LogP contribution in [0.3, 0.4) is 0 Å². The number of carbonyl (C=O) groups excluding carboxylic acids is 1. The van der Waals surface area contributed by atoms with Gasteiger partial charge in [-0.1, -0.05) is 41.7 Å². The molecule has 0 aromatic heterocycles. The molecule has 4 heteroatoms. The molecule has 0 saturated heterocycles. The summed E-state index contributed by atoms with van der Waals surface area (Å²) in [5.74, 6) is 1.17. The zero-order valence-corrected chi connectivity index (χ0v) is 10.0. The van der Waals surface area contributed by atoms with Crippen molar-refractivity contribution in [3.8, 4) is 0 Å². The molecule has 2 nitrogen and oxygen atoms in total. The molecule has 0 bridgehead atoms. The molecular formula is C11H11NOS2. The second kappa shape index (κ2) is 4.86. The lowest BCUT2D eigenvalue weighted by molar-refractivity contribution is 0.101. The summed E-state index contributed by atoms with van der Waals surface area (Å²) in [6, 6.07) is 7.69. The molecule has 0 unspecified atom stereocenters. The van der Waals surface area contributed by atoms with Crippen LogP contribution in [0, 0.1) is 0 Å². The number of aliphatic imine (C=N–C) groups is 1. The third-order valence-electron chi connectivity index (χ3n) is 2.02. The van der Waals surface area contributed by atoms with Crippen molar-refractivity contribution >= 4 is 33.7 Å². The second-order valence-corrected chi connectivity index (χ2v) is 5.52. The van der Waals surface area contributed by atoms with E-state index in [0.29, 0.717) is 0 Å². The number of thioether (sulfide) groups is 2. The van der Waals surface area contributed by atoms with Crippen LogP contribution in [-0.4, -0.2) is 22.5 Å². The first-order valence-electron chi connectivity index (χ1n) is 4.72. The summed E-state index contributed by atoms with van der Waals surface area (Å²) < 4.78 is 1.07. The van der Waals surface area contributed by atoms with Gasteiger partial charge in [0.15, 0.2) is 5.78 Å². The number of nitrogens with zero attached hydrogens (tertiary/aromatic N) is 1. The van der Waals surface area contributed by atoms with Crippen molar-refractivity contribution in [2.45, 2.75) is 11.8 Å². The van der Waals surface area contributed by atoms with E-state index in [1.165, 1.54) is 0 Å². The highest BCUT2D eigenvalue weighted by atomic mass is 32.2. The highest BCUT2D eigenvalue weighted by molar-refractivity contribution is 8.39.